The van der Waals surface area contributed by atoms with Gasteiger partial charge in [0.25, 0.3) is 0 Å². The minimum absolute atomic E-state index is 0.0805. The van der Waals surface area contributed by atoms with Crippen LogP contribution in [0.1, 0.15) is 43.7 Å². The molecule has 0 aromatic heterocycles. The number of nitrogens with zero attached hydrogens (tertiary/aromatic N) is 1. The monoisotopic (exact) mass is 289 g/mol. The van der Waals surface area contributed by atoms with Gasteiger partial charge in [-0.3, -0.25) is 4.79 Å². The standard InChI is InChI=1S/C18H27NO2/c1-13(2)17(16-8-6-14(3)7-9-16)18(21)19-10-4-5-15(11-19)12-20/h6-9,13,15,17,20H,4-5,10-12H2,1-3H3. The largest absolute Gasteiger partial charge is 0.396 e. The summed E-state index contributed by atoms with van der Waals surface area (Å²) in [6.45, 7) is 7.98. The molecule has 2 rings (SSSR count). The fourth-order valence-corrected chi connectivity index (χ4v) is 3.20. The topological polar surface area (TPSA) is 40.5 Å². The van der Waals surface area contributed by atoms with Crippen molar-refractivity contribution in [3.63, 3.8) is 0 Å². The zero-order chi connectivity index (χ0) is 15.4. The van der Waals surface area contributed by atoms with Crippen molar-refractivity contribution in [2.24, 2.45) is 11.8 Å². The molecule has 1 aliphatic heterocycles. The Kier molecular flexibility index (Phi) is 5.40. The molecule has 1 aromatic carbocycles. The molecule has 0 spiro atoms. The predicted molar refractivity (Wildman–Crippen MR) is 85.1 cm³/mol. The first-order valence-corrected chi connectivity index (χ1v) is 7.99. The molecule has 1 fully saturated rings. The van der Waals surface area contributed by atoms with E-state index in [9.17, 15) is 9.90 Å². The Bertz CT molecular complexity index is 467. The number of carbonyl (C=O) groups excluding carboxylic acids is 1. The van der Waals surface area contributed by atoms with Crippen LogP contribution in [0.4, 0.5) is 0 Å². The maximum atomic E-state index is 12.9. The molecule has 0 saturated carbocycles. The Hall–Kier alpha value is -1.35. The Morgan fingerprint density at radius 1 is 1.33 bits per heavy atom. The molecule has 1 aromatic rings. The van der Waals surface area contributed by atoms with Crippen molar-refractivity contribution in [2.45, 2.75) is 39.5 Å². The molecule has 3 nitrogen and oxygen atoms in total. The van der Waals surface area contributed by atoms with Crippen LogP contribution in [0.3, 0.4) is 0 Å². The van der Waals surface area contributed by atoms with E-state index in [-0.39, 0.29) is 30.3 Å². The van der Waals surface area contributed by atoms with Gasteiger partial charge < -0.3 is 10.0 Å². The number of aryl methyl sites for hydroxylation is 1. The van der Waals surface area contributed by atoms with E-state index in [2.05, 4.69) is 45.0 Å². The maximum absolute atomic E-state index is 12.9. The quantitative estimate of drug-likeness (QED) is 0.925. The van der Waals surface area contributed by atoms with E-state index in [1.165, 1.54) is 5.56 Å². The first kappa shape index (κ1) is 16.0. The highest BCUT2D eigenvalue weighted by Crippen LogP contribution is 2.29. The SMILES string of the molecule is Cc1ccc(C(C(=O)N2CCCC(CO)C2)C(C)C)cc1. The number of piperidine rings is 1. The molecule has 0 aliphatic carbocycles. The van der Waals surface area contributed by atoms with E-state index in [1.54, 1.807) is 0 Å². The third-order valence-corrected chi connectivity index (χ3v) is 4.46. The zero-order valence-corrected chi connectivity index (χ0v) is 13.4. The van der Waals surface area contributed by atoms with Gasteiger partial charge in [-0.1, -0.05) is 43.7 Å². The van der Waals surface area contributed by atoms with Crippen molar-refractivity contribution >= 4 is 5.91 Å². The third kappa shape index (κ3) is 3.85. The van der Waals surface area contributed by atoms with Crippen molar-refractivity contribution in [1.29, 1.82) is 0 Å². The normalized spacial score (nSPS) is 20.6. The minimum atomic E-state index is -0.0805. The number of carbonyl (C=O) groups is 1. The molecule has 1 N–H and O–H groups in total. The number of hydrogen-bond acceptors (Lipinski definition) is 2. The smallest absolute Gasteiger partial charge is 0.230 e. The molecule has 2 unspecified atom stereocenters. The Morgan fingerprint density at radius 3 is 2.57 bits per heavy atom. The van der Waals surface area contributed by atoms with Gasteiger partial charge in [-0.05, 0) is 37.2 Å². The summed E-state index contributed by atoms with van der Waals surface area (Å²) in [6.07, 6.45) is 2.02. The highest BCUT2D eigenvalue weighted by atomic mass is 16.3. The van der Waals surface area contributed by atoms with Gasteiger partial charge in [0, 0.05) is 19.7 Å². The summed E-state index contributed by atoms with van der Waals surface area (Å²) < 4.78 is 0. The molecule has 21 heavy (non-hydrogen) atoms. The molecule has 1 saturated heterocycles. The number of likely N-dealkylation sites (tertiary alicyclic amines) is 1. The van der Waals surface area contributed by atoms with Crippen LogP contribution in [-0.2, 0) is 4.79 Å². The lowest BCUT2D eigenvalue weighted by molar-refractivity contribution is -0.136. The number of amides is 1. The van der Waals surface area contributed by atoms with Gasteiger partial charge in [0.15, 0.2) is 0 Å². The zero-order valence-electron chi connectivity index (χ0n) is 13.4. The van der Waals surface area contributed by atoms with Gasteiger partial charge >= 0.3 is 0 Å². The van der Waals surface area contributed by atoms with Gasteiger partial charge in [-0.2, -0.15) is 0 Å². The van der Waals surface area contributed by atoms with Crippen LogP contribution >= 0.6 is 0 Å². The van der Waals surface area contributed by atoms with Crippen molar-refractivity contribution in [2.75, 3.05) is 19.7 Å². The van der Waals surface area contributed by atoms with Crippen LogP contribution in [0, 0.1) is 18.8 Å². The second-order valence-electron chi connectivity index (χ2n) is 6.61. The Morgan fingerprint density at radius 2 is 2.00 bits per heavy atom. The van der Waals surface area contributed by atoms with Crippen LogP contribution in [0.2, 0.25) is 0 Å². The highest BCUT2D eigenvalue weighted by Gasteiger charge is 2.31. The third-order valence-electron chi connectivity index (χ3n) is 4.46. The van der Waals surface area contributed by atoms with E-state index in [1.807, 2.05) is 4.90 Å². The second-order valence-corrected chi connectivity index (χ2v) is 6.61. The number of aliphatic hydroxyl groups excluding tert-OH is 1. The molecular weight excluding hydrogens is 262 g/mol. The van der Waals surface area contributed by atoms with Gasteiger partial charge in [0.1, 0.15) is 0 Å². The van der Waals surface area contributed by atoms with Crippen LogP contribution < -0.4 is 0 Å². The Labute approximate surface area is 128 Å². The van der Waals surface area contributed by atoms with E-state index >= 15 is 0 Å². The van der Waals surface area contributed by atoms with Crippen molar-refractivity contribution < 1.29 is 9.90 Å². The second kappa shape index (κ2) is 7.08. The van der Waals surface area contributed by atoms with Gasteiger partial charge in [-0.25, -0.2) is 0 Å². The molecular formula is C18H27NO2. The first-order chi connectivity index (χ1) is 10.0. The number of benzene rings is 1. The number of rotatable bonds is 4. The van der Waals surface area contributed by atoms with Crippen LogP contribution in [0.15, 0.2) is 24.3 Å². The lowest BCUT2D eigenvalue weighted by Crippen LogP contribution is -2.44. The lowest BCUT2D eigenvalue weighted by atomic mass is 9.86. The van der Waals surface area contributed by atoms with Gasteiger partial charge in [0.05, 0.1) is 5.92 Å². The van der Waals surface area contributed by atoms with Crippen LogP contribution in [-0.4, -0.2) is 35.6 Å². The molecule has 0 bridgehead atoms. The fraction of sp³-hybridized carbons (Fsp3) is 0.611. The average Bonchev–Trinajstić information content (AvgIpc) is 2.49. The van der Waals surface area contributed by atoms with Crippen LogP contribution in [0.5, 0.6) is 0 Å². The molecule has 1 amide bonds. The Balaban J connectivity index is 2.17. The molecule has 116 valence electrons. The molecule has 0 radical (unpaired) electrons. The lowest BCUT2D eigenvalue weighted by Gasteiger charge is -2.35. The fourth-order valence-electron chi connectivity index (χ4n) is 3.20. The van der Waals surface area contributed by atoms with Crippen molar-refractivity contribution in [1.82, 2.24) is 4.90 Å². The summed E-state index contributed by atoms with van der Waals surface area (Å²) in [7, 11) is 0. The molecule has 1 heterocycles. The van der Waals surface area contributed by atoms with Crippen molar-refractivity contribution in [3.05, 3.63) is 35.4 Å². The maximum Gasteiger partial charge on any atom is 0.230 e. The molecule has 2 atom stereocenters. The summed E-state index contributed by atoms with van der Waals surface area (Å²) in [4.78, 5) is 14.9. The number of aliphatic hydroxyl groups is 1. The van der Waals surface area contributed by atoms with E-state index in [4.69, 9.17) is 0 Å². The average molecular weight is 289 g/mol. The summed E-state index contributed by atoms with van der Waals surface area (Å²) in [5.74, 6) is 0.651. The summed E-state index contributed by atoms with van der Waals surface area (Å²) in [6, 6.07) is 8.30. The van der Waals surface area contributed by atoms with E-state index < -0.39 is 0 Å². The molecule has 1 aliphatic rings. The van der Waals surface area contributed by atoms with E-state index in [0.29, 0.717) is 6.54 Å². The summed E-state index contributed by atoms with van der Waals surface area (Å²) >= 11 is 0. The van der Waals surface area contributed by atoms with Gasteiger partial charge in [-0.15, -0.1) is 0 Å². The first-order valence-electron chi connectivity index (χ1n) is 7.99. The minimum Gasteiger partial charge on any atom is -0.396 e. The number of hydrogen-bond donors (Lipinski definition) is 1. The van der Waals surface area contributed by atoms with Crippen LogP contribution in [0.25, 0.3) is 0 Å². The highest BCUT2D eigenvalue weighted by molar-refractivity contribution is 5.84. The van der Waals surface area contributed by atoms with E-state index in [0.717, 1.165) is 24.9 Å². The predicted octanol–water partition coefficient (Wildman–Crippen LogP) is 2.97. The summed E-state index contributed by atoms with van der Waals surface area (Å²) in [5, 5.41) is 9.35. The summed E-state index contributed by atoms with van der Waals surface area (Å²) in [5.41, 5.74) is 2.32. The van der Waals surface area contributed by atoms with Gasteiger partial charge in [0.2, 0.25) is 5.91 Å². The van der Waals surface area contributed by atoms with Crippen molar-refractivity contribution in [3.8, 4) is 0 Å². The molecule has 3 heteroatoms.